The van der Waals surface area contributed by atoms with Crippen molar-refractivity contribution in [1.29, 1.82) is 0 Å². The van der Waals surface area contributed by atoms with Gasteiger partial charge in [0.25, 0.3) is 0 Å². The van der Waals surface area contributed by atoms with Gasteiger partial charge in [0, 0.05) is 17.4 Å². The molecule has 1 aromatic heterocycles. The number of nitrogens with zero attached hydrogens (tertiary/aromatic N) is 2. The predicted octanol–water partition coefficient (Wildman–Crippen LogP) is 3.54. The van der Waals surface area contributed by atoms with E-state index in [1.54, 1.807) is 11.8 Å². The number of hydrogen-bond donors (Lipinski definition) is 1. The molecular formula is C14H18ClN3OS. The van der Waals surface area contributed by atoms with Crippen LogP contribution in [0.15, 0.2) is 33.7 Å². The second kappa shape index (κ2) is 7.11. The molecule has 0 aliphatic carbocycles. The number of thioether (sulfide) groups is 1. The van der Waals surface area contributed by atoms with E-state index < -0.39 is 0 Å². The molecule has 0 bridgehead atoms. The van der Waals surface area contributed by atoms with Crippen LogP contribution in [0.1, 0.15) is 25.6 Å². The summed E-state index contributed by atoms with van der Waals surface area (Å²) in [6.07, 6.45) is 0.613. The average molecular weight is 312 g/mol. The second-order valence-electron chi connectivity index (χ2n) is 4.94. The lowest BCUT2D eigenvalue weighted by atomic mass is 10.0. The molecule has 2 aromatic rings. The van der Waals surface area contributed by atoms with Crippen molar-refractivity contribution < 1.29 is 4.52 Å². The molecule has 108 valence electrons. The van der Waals surface area contributed by atoms with Crippen molar-refractivity contribution in [2.24, 2.45) is 11.7 Å². The van der Waals surface area contributed by atoms with Crippen LogP contribution in [0.4, 0.5) is 0 Å². The van der Waals surface area contributed by atoms with E-state index in [9.17, 15) is 0 Å². The van der Waals surface area contributed by atoms with E-state index in [1.807, 2.05) is 24.3 Å². The van der Waals surface area contributed by atoms with Gasteiger partial charge in [0.15, 0.2) is 5.82 Å². The summed E-state index contributed by atoms with van der Waals surface area (Å²) in [6, 6.07) is 7.75. The standard InChI is InChI=1S/C14H18ClN3OS/c1-9(2)11(16)7-14-17-13(18-19-14)8-20-12-6-4-3-5-10(12)15/h3-6,9,11H,7-8,16H2,1-2H3. The van der Waals surface area contributed by atoms with Crippen LogP contribution in [0.2, 0.25) is 5.02 Å². The molecule has 0 aliphatic heterocycles. The summed E-state index contributed by atoms with van der Waals surface area (Å²) in [5, 5.41) is 4.71. The Bertz CT molecular complexity index is 559. The van der Waals surface area contributed by atoms with Gasteiger partial charge in [0.1, 0.15) is 0 Å². The summed E-state index contributed by atoms with van der Waals surface area (Å²) < 4.78 is 5.22. The van der Waals surface area contributed by atoms with E-state index in [0.29, 0.717) is 29.8 Å². The minimum absolute atomic E-state index is 0.0412. The number of hydrogen-bond acceptors (Lipinski definition) is 5. The summed E-state index contributed by atoms with van der Waals surface area (Å²) in [6.45, 7) is 4.16. The normalized spacial score (nSPS) is 12.8. The first-order valence-corrected chi connectivity index (χ1v) is 7.87. The molecule has 0 spiro atoms. The van der Waals surface area contributed by atoms with Crippen molar-refractivity contribution in [2.45, 2.75) is 37.0 Å². The predicted molar refractivity (Wildman–Crippen MR) is 81.8 cm³/mol. The van der Waals surface area contributed by atoms with Crippen LogP contribution in [0.25, 0.3) is 0 Å². The smallest absolute Gasteiger partial charge is 0.228 e. The van der Waals surface area contributed by atoms with E-state index in [-0.39, 0.29) is 6.04 Å². The molecule has 0 aliphatic rings. The Hall–Kier alpha value is -1.04. The zero-order chi connectivity index (χ0) is 14.5. The van der Waals surface area contributed by atoms with E-state index in [2.05, 4.69) is 24.0 Å². The molecule has 4 nitrogen and oxygen atoms in total. The van der Waals surface area contributed by atoms with Gasteiger partial charge in [-0.25, -0.2) is 0 Å². The second-order valence-corrected chi connectivity index (χ2v) is 6.36. The van der Waals surface area contributed by atoms with Crippen molar-refractivity contribution in [2.75, 3.05) is 0 Å². The van der Waals surface area contributed by atoms with Crippen LogP contribution in [0.5, 0.6) is 0 Å². The summed E-state index contributed by atoms with van der Waals surface area (Å²) in [5.74, 6) is 2.29. The van der Waals surface area contributed by atoms with Gasteiger partial charge in [0.05, 0.1) is 10.8 Å². The van der Waals surface area contributed by atoms with Gasteiger partial charge < -0.3 is 10.3 Å². The summed E-state index contributed by atoms with van der Waals surface area (Å²) >= 11 is 7.69. The molecule has 1 atom stereocenters. The number of benzene rings is 1. The Balaban J connectivity index is 1.92. The van der Waals surface area contributed by atoms with Gasteiger partial charge in [-0.15, -0.1) is 11.8 Å². The van der Waals surface area contributed by atoms with Gasteiger partial charge in [-0.05, 0) is 18.1 Å². The van der Waals surface area contributed by atoms with Crippen molar-refractivity contribution in [3.8, 4) is 0 Å². The lowest BCUT2D eigenvalue weighted by molar-refractivity contribution is 0.350. The quantitative estimate of drug-likeness (QED) is 0.827. The van der Waals surface area contributed by atoms with Crippen LogP contribution in [0, 0.1) is 5.92 Å². The minimum atomic E-state index is 0.0412. The van der Waals surface area contributed by atoms with E-state index >= 15 is 0 Å². The third-order valence-electron chi connectivity index (χ3n) is 2.97. The Morgan fingerprint density at radius 3 is 2.80 bits per heavy atom. The molecule has 20 heavy (non-hydrogen) atoms. The number of rotatable bonds is 6. The molecule has 0 saturated heterocycles. The molecule has 2 rings (SSSR count). The van der Waals surface area contributed by atoms with Gasteiger partial charge in [0.2, 0.25) is 5.89 Å². The number of nitrogens with two attached hydrogens (primary N) is 1. The van der Waals surface area contributed by atoms with Crippen LogP contribution >= 0.6 is 23.4 Å². The molecule has 2 N–H and O–H groups in total. The topological polar surface area (TPSA) is 64.9 Å². The SMILES string of the molecule is CC(C)C(N)Cc1nc(CSc2ccccc2Cl)no1. The first-order valence-electron chi connectivity index (χ1n) is 6.50. The maximum atomic E-state index is 6.10. The molecule has 0 radical (unpaired) electrons. The molecule has 1 aromatic carbocycles. The largest absolute Gasteiger partial charge is 0.339 e. The maximum absolute atomic E-state index is 6.10. The zero-order valence-electron chi connectivity index (χ0n) is 11.5. The first kappa shape index (κ1) is 15.4. The fourth-order valence-corrected chi connectivity index (χ4v) is 2.66. The fraction of sp³-hybridized carbons (Fsp3) is 0.429. The van der Waals surface area contributed by atoms with Crippen LogP contribution in [0.3, 0.4) is 0 Å². The highest BCUT2D eigenvalue weighted by Crippen LogP contribution is 2.28. The van der Waals surface area contributed by atoms with Gasteiger partial charge in [-0.1, -0.05) is 42.7 Å². The van der Waals surface area contributed by atoms with Crippen molar-refractivity contribution in [3.05, 3.63) is 41.0 Å². The van der Waals surface area contributed by atoms with E-state index in [0.717, 1.165) is 9.92 Å². The fourth-order valence-electron chi connectivity index (χ4n) is 1.57. The molecule has 0 saturated carbocycles. The molecule has 0 fully saturated rings. The van der Waals surface area contributed by atoms with E-state index in [1.165, 1.54) is 0 Å². The lowest BCUT2D eigenvalue weighted by Crippen LogP contribution is -2.28. The third kappa shape index (κ3) is 4.23. The summed E-state index contributed by atoms with van der Waals surface area (Å²) in [5.41, 5.74) is 5.99. The minimum Gasteiger partial charge on any atom is -0.339 e. The molecular weight excluding hydrogens is 294 g/mol. The Labute approximate surface area is 128 Å². The van der Waals surface area contributed by atoms with Crippen molar-refractivity contribution >= 4 is 23.4 Å². The summed E-state index contributed by atoms with van der Waals surface area (Å²) in [4.78, 5) is 5.37. The molecule has 0 amide bonds. The van der Waals surface area contributed by atoms with Crippen molar-refractivity contribution in [1.82, 2.24) is 10.1 Å². The Morgan fingerprint density at radius 2 is 2.10 bits per heavy atom. The Kier molecular flexibility index (Phi) is 5.46. The monoisotopic (exact) mass is 311 g/mol. The molecule has 1 heterocycles. The Morgan fingerprint density at radius 1 is 1.35 bits per heavy atom. The van der Waals surface area contributed by atoms with Crippen molar-refractivity contribution in [3.63, 3.8) is 0 Å². The van der Waals surface area contributed by atoms with Crippen LogP contribution in [-0.2, 0) is 12.2 Å². The number of aromatic nitrogens is 2. The molecule has 1 unspecified atom stereocenters. The third-order valence-corrected chi connectivity index (χ3v) is 4.48. The highest BCUT2D eigenvalue weighted by Gasteiger charge is 2.14. The lowest BCUT2D eigenvalue weighted by Gasteiger charge is -2.11. The average Bonchev–Trinajstić information content (AvgIpc) is 2.85. The van der Waals surface area contributed by atoms with Gasteiger partial charge >= 0.3 is 0 Å². The van der Waals surface area contributed by atoms with Crippen LogP contribution in [-0.4, -0.2) is 16.2 Å². The highest BCUT2D eigenvalue weighted by molar-refractivity contribution is 7.98. The first-order chi connectivity index (χ1) is 9.56. The van der Waals surface area contributed by atoms with Gasteiger partial charge in [-0.2, -0.15) is 4.98 Å². The molecule has 6 heteroatoms. The van der Waals surface area contributed by atoms with E-state index in [4.69, 9.17) is 21.9 Å². The van der Waals surface area contributed by atoms with Crippen LogP contribution < -0.4 is 5.73 Å². The summed E-state index contributed by atoms with van der Waals surface area (Å²) in [7, 11) is 0. The zero-order valence-corrected chi connectivity index (χ0v) is 13.1. The van der Waals surface area contributed by atoms with Gasteiger partial charge in [-0.3, -0.25) is 0 Å². The maximum Gasteiger partial charge on any atom is 0.228 e. The number of halogens is 1. The highest BCUT2D eigenvalue weighted by atomic mass is 35.5.